The minimum absolute atomic E-state index is 0.0873. The second-order valence-corrected chi connectivity index (χ2v) is 11.7. The van der Waals surface area contributed by atoms with Gasteiger partial charge in [-0.05, 0) is 88.4 Å². The molecule has 5 rings (SSSR count). The number of nitrogens with zero attached hydrogens (tertiary/aromatic N) is 2. The number of hydrogen-bond donors (Lipinski definition) is 0. The number of fused-ring (bicyclic) bond motifs is 1. The van der Waals surface area contributed by atoms with Gasteiger partial charge in [0.1, 0.15) is 18.2 Å². The fraction of sp³-hybridized carbons (Fsp3) is 0.467. The van der Waals surface area contributed by atoms with Crippen LogP contribution >= 0.6 is 0 Å². The van der Waals surface area contributed by atoms with Gasteiger partial charge in [0.05, 0.1) is 22.3 Å². The summed E-state index contributed by atoms with van der Waals surface area (Å²) in [7, 11) is 1.27. The number of rotatable bonds is 6. The first-order chi connectivity index (χ1) is 18.9. The van der Waals surface area contributed by atoms with E-state index in [9.17, 15) is 14.0 Å². The molecule has 1 aromatic heterocycles. The minimum atomic E-state index is -0.628. The highest BCUT2D eigenvalue weighted by molar-refractivity contribution is 6.62. The Labute approximate surface area is 234 Å². The third kappa shape index (κ3) is 5.34. The van der Waals surface area contributed by atoms with Crippen LogP contribution in [0.25, 0.3) is 10.9 Å². The van der Waals surface area contributed by atoms with Gasteiger partial charge in [0, 0.05) is 31.9 Å². The molecule has 40 heavy (non-hydrogen) atoms. The lowest BCUT2D eigenvalue weighted by Crippen LogP contribution is -2.43. The van der Waals surface area contributed by atoms with Crippen LogP contribution < -0.4 is 10.3 Å². The Kier molecular flexibility index (Phi) is 7.44. The summed E-state index contributed by atoms with van der Waals surface area (Å²) in [6, 6.07) is 11.6. The maximum Gasteiger partial charge on any atom is 0.512 e. The molecule has 0 spiro atoms. The maximum absolute atomic E-state index is 14.3. The van der Waals surface area contributed by atoms with Crippen molar-refractivity contribution in [3.05, 3.63) is 59.4 Å². The predicted octanol–water partition coefficient (Wildman–Crippen LogP) is 4.89. The van der Waals surface area contributed by atoms with E-state index < -0.39 is 24.3 Å². The van der Waals surface area contributed by atoms with Gasteiger partial charge in [0.15, 0.2) is 0 Å². The monoisotopic (exact) mass is 550 g/mol. The Bertz CT molecular complexity index is 1420. The van der Waals surface area contributed by atoms with Crippen molar-refractivity contribution in [2.75, 3.05) is 6.54 Å². The van der Waals surface area contributed by atoms with E-state index in [1.165, 1.54) is 19.1 Å². The van der Waals surface area contributed by atoms with Crippen LogP contribution in [0.15, 0.2) is 42.5 Å². The molecule has 2 aliphatic rings. The zero-order valence-electron chi connectivity index (χ0n) is 24.0. The van der Waals surface area contributed by atoms with Gasteiger partial charge in [-0.1, -0.05) is 12.1 Å². The summed E-state index contributed by atoms with van der Waals surface area (Å²) in [5.41, 5.74) is 2.31. The van der Waals surface area contributed by atoms with Crippen molar-refractivity contribution in [2.45, 2.75) is 77.7 Å². The van der Waals surface area contributed by atoms with Crippen LogP contribution in [-0.2, 0) is 38.9 Å². The minimum Gasteiger partial charge on any atom is -0.445 e. The van der Waals surface area contributed by atoms with Gasteiger partial charge in [-0.3, -0.25) is 4.79 Å². The fourth-order valence-corrected chi connectivity index (χ4v) is 5.55. The van der Waals surface area contributed by atoms with Crippen LogP contribution in [0.2, 0.25) is 0 Å². The molecule has 0 radical (unpaired) electrons. The van der Waals surface area contributed by atoms with Crippen molar-refractivity contribution in [3.63, 3.8) is 0 Å². The van der Waals surface area contributed by atoms with E-state index in [1.54, 1.807) is 35.2 Å². The summed E-state index contributed by atoms with van der Waals surface area (Å²) in [5.74, 6) is -0.265. The molecule has 1 unspecified atom stereocenters. The SMILES string of the molecule is CC(=O)Oc1ccc(COC(=O)N2CCCC2Cc2c(B3OC(C)(C)C(C)(C)O3)n(C)c3cc(F)ccc23)cc1. The maximum atomic E-state index is 14.3. The second kappa shape index (κ2) is 10.6. The van der Waals surface area contributed by atoms with Crippen LogP contribution in [0.3, 0.4) is 0 Å². The van der Waals surface area contributed by atoms with Gasteiger partial charge in [0.25, 0.3) is 0 Å². The summed E-state index contributed by atoms with van der Waals surface area (Å²) >= 11 is 0. The molecule has 1 atom stereocenters. The lowest BCUT2D eigenvalue weighted by Gasteiger charge is -2.32. The fourth-order valence-electron chi connectivity index (χ4n) is 5.55. The summed E-state index contributed by atoms with van der Waals surface area (Å²) in [4.78, 5) is 26.1. The number of esters is 1. The van der Waals surface area contributed by atoms with Crippen LogP contribution in [0.5, 0.6) is 5.75 Å². The van der Waals surface area contributed by atoms with Gasteiger partial charge < -0.3 is 28.2 Å². The first kappa shape index (κ1) is 28.2. The summed E-state index contributed by atoms with van der Waals surface area (Å²) in [6.07, 6.45) is 1.87. The first-order valence-corrected chi connectivity index (χ1v) is 13.7. The van der Waals surface area contributed by atoms with E-state index in [0.29, 0.717) is 18.7 Å². The zero-order valence-corrected chi connectivity index (χ0v) is 24.0. The first-order valence-electron chi connectivity index (χ1n) is 13.7. The molecular formula is C30H36BFN2O6. The van der Waals surface area contributed by atoms with Gasteiger partial charge >= 0.3 is 19.2 Å². The van der Waals surface area contributed by atoms with E-state index in [4.69, 9.17) is 18.8 Å². The Morgan fingerprint density at radius 3 is 2.40 bits per heavy atom. The molecule has 0 bridgehead atoms. The summed E-state index contributed by atoms with van der Waals surface area (Å²) in [6.45, 7) is 10.1. The van der Waals surface area contributed by atoms with Crippen LogP contribution in [0.4, 0.5) is 9.18 Å². The molecule has 2 aromatic carbocycles. The van der Waals surface area contributed by atoms with E-state index >= 15 is 0 Å². The Morgan fingerprint density at radius 1 is 1.07 bits per heavy atom. The Morgan fingerprint density at radius 2 is 1.75 bits per heavy atom. The predicted molar refractivity (Wildman–Crippen MR) is 150 cm³/mol. The Hall–Kier alpha value is -3.37. The van der Waals surface area contributed by atoms with Gasteiger partial charge in [0.2, 0.25) is 0 Å². The molecule has 2 fully saturated rings. The van der Waals surface area contributed by atoms with Crippen molar-refractivity contribution >= 4 is 35.7 Å². The van der Waals surface area contributed by atoms with Crippen molar-refractivity contribution < 1.29 is 32.8 Å². The number of halogens is 1. The number of benzene rings is 2. The van der Waals surface area contributed by atoms with Crippen LogP contribution in [-0.4, -0.2) is 52.4 Å². The number of likely N-dealkylation sites (tertiary alicyclic amines) is 1. The van der Waals surface area contributed by atoms with Gasteiger partial charge in [-0.25, -0.2) is 9.18 Å². The zero-order chi connectivity index (χ0) is 28.8. The molecule has 0 N–H and O–H groups in total. The number of carbonyl (C=O) groups is 2. The van der Waals surface area contributed by atoms with Crippen molar-refractivity contribution in [2.24, 2.45) is 7.05 Å². The standard InChI is InChI=1S/C30H36BFN2O6/c1-19(35)38-23-12-9-20(10-13-23)18-37-28(36)34-15-7-8-22(34)17-25-24-14-11-21(32)16-26(24)33(6)27(25)31-39-29(2,3)30(4,5)40-31/h9-14,16,22H,7-8,15,17-18H2,1-6H3. The van der Waals surface area contributed by atoms with E-state index in [1.807, 2.05) is 39.3 Å². The number of hydrogen-bond acceptors (Lipinski definition) is 6. The summed E-state index contributed by atoms with van der Waals surface area (Å²) < 4.78 is 39.8. The van der Waals surface area contributed by atoms with E-state index in [0.717, 1.165) is 40.5 Å². The lowest BCUT2D eigenvalue weighted by molar-refractivity contribution is -0.131. The number of ether oxygens (including phenoxy) is 2. The van der Waals surface area contributed by atoms with Crippen LogP contribution in [0, 0.1) is 5.82 Å². The van der Waals surface area contributed by atoms with E-state index in [-0.39, 0.29) is 24.6 Å². The number of aromatic nitrogens is 1. The highest BCUT2D eigenvalue weighted by Crippen LogP contribution is 2.38. The molecule has 0 aliphatic carbocycles. The summed E-state index contributed by atoms with van der Waals surface area (Å²) in [5, 5.41) is 0.918. The molecule has 212 valence electrons. The molecule has 3 heterocycles. The number of carbonyl (C=O) groups excluding carboxylic acids is 2. The van der Waals surface area contributed by atoms with Crippen molar-refractivity contribution in [1.82, 2.24) is 9.47 Å². The number of amides is 1. The third-order valence-electron chi connectivity index (χ3n) is 8.39. The third-order valence-corrected chi connectivity index (χ3v) is 8.39. The molecule has 2 saturated heterocycles. The molecular weight excluding hydrogens is 514 g/mol. The average Bonchev–Trinajstić information content (AvgIpc) is 3.51. The Balaban J connectivity index is 1.37. The van der Waals surface area contributed by atoms with E-state index in [2.05, 4.69) is 0 Å². The van der Waals surface area contributed by atoms with Crippen molar-refractivity contribution in [3.8, 4) is 5.75 Å². The highest BCUT2D eigenvalue weighted by atomic mass is 19.1. The average molecular weight is 550 g/mol. The molecule has 0 saturated carbocycles. The quantitative estimate of drug-likeness (QED) is 0.247. The van der Waals surface area contributed by atoms with Crippen LogP contribution in [0.1, 0.15) is 58.6 Å². The largest absolute Gasteiger partial charge is 0.512 e. The highest BCUT2D eigenvalue weighted by Gasteiger charge is 2.53. The molecule has 10 heteroatoms. The second-order valence-electron chi connectivity index (χ2n) is 11.7. The topological polar surface area (TPSA) is 79.2 Å². The smallest absolute Gasteiger partial charge is 0.445 e. The molecule has 8 nitrogen and oxygen atoms in total. The molecule has 3 aromatic rings. The lowest BCUT2D eigenvalue weighted by atomic mass is 9.79. The molecule has 1 amide bonds. The van der Waals surface area contributed by atoms with Crippen molar-refractivity contribution in [1.29, 1.82) is 0 Å². The number of aryl methyl sites for hydroxylation is 1. The van der Waals surface area contributed by atoms with Gasteiger partial charge in [-0.2, -0.15) is 0 Å². The normalized spacial score (nSPS) is 19.8. The van der Waals surface area contributed by atoms with Gasteiger partial charge in [-0.15, -0.1) is 0 Å². The molecule has 2 aliphatic heterocycles.